The zero-order chi connectivity index (χ0) is 19.0. The molecule has 0 aliphatic carbocycles. The second-order valence-electron chi connectivity index (χ2n) is 6.42. The van der Waals surface area contributed by atoms with Crippen molar-refractivity contribution in [2.45, 2.75) is 12.5 Å². The molecule has 27 heavy (non-hydrogen) atoms. The van der Waals surface area contributed by atoms with Gasteiger partial charge in [0.1, 0.15) is 18.4 Å². The molecule has 2 aromatic rings. The van der Waals surface area contributed by atoms with Crippen molar-refractivity contribution in [2.75, 3.05) is 19.6 Å². The van der Waals surface area contributed by atoms with Crippen LogP contribution in [0.4, 0.5) is 0 Å². The molecule has 1 aromatic heterocycles. The number of pyridine rings is 1. The number of halogens is 1. The Labute approximate surface area is 164 Å². The number of hydrogen-bond acceptors (Lipinski definition) is 5. The van der Waals surface area contributed by atoms with Crippen molar-refractivity contribution in [3.8, 4) is 5.75 Å². The van der Waals surface area contributed by atoms with Crippen LogP contribution in [-0.2, 0) is 4.79 Å². The van der Waals surface area contributed by atoms with Gasteiger partial charge in [0, 0.05) is 25.4 Å². The molecule has 1 aromatic carbocycles. The van der Waals surface area contributed by atoms with Crippen LogP contribution >= 0.6 is 15.9 Å². The van der Waals surface area contributed by atoms with E-state index < -0.39 is 11.8 Å². The number of rotatable bonds is 4. The molecular formula is C19H16BrN3O4. The van der Waals surface area contributed by atoms with Crippen LogP contribution in [0.1, 0.15) is 27.1 Å². The predicted molar refractivity (Wildman–Crippen MR) is 99.4 cm³/mol. The fourth-order valence-electron chi connectivity index (χ4n) is 3.31. The maximum atomic E-state index is 12.6. The van der Waals surface area contributed by atoms with E-state index >= 15 is 0 Å². The minimum absolute atomic E-state index is 0.144. The second-order valence-corrected chi connectivity index (χ2v) is 7.27. The molecule has 0 radical (unpaired) electrons. The van der Waals surface area contributed by atoms with Crippen LogP contribution in [-0.4, -0.2) is 58.2 Å². The van der Waals surface area contributed by atoms with Crippen molar-refractivity contribution in [3.63, 3.8) is 0 Å². The van der Waals surface area contributed by atoms with Crippen molar-refractivity contribution in [3.05, 3.63) is 58.3 Å². The smallest absolute Gasteiger partial charge is 0.262 e. The first-order valence-electron chi connectivity index (χ1n) is 8.54. The van der Waals surface area contributed by atoms with Crippen LogP contribution in [0.25, 0.3) is 0 Å². The summed E-state index contributed by atoms with van der Waals surface area (Å²) in [5.74, 6) is -0.428. The third-order valence-electron chi connectivity index (χ3n) is 4.70. The number of likely N-dealkylation sites (tertiary alicyclic amines) is 1. The minimum Gasteiger partial charge on any atom is -0.487 e. The molecule has 0 spiro atoms. The summed E-state index contributed by atoms with van der Waals surface area (Å²) < 4.78 is 6.67. The first kappa shape index (κ1) is 17.7. The number of amides is 3. The van der Waals surface area contributed by atoms with Gasteiger partial charge in [0.05, 0.1) is 22.1 Å². The maximum absolute atomic E-state index is 12.6. The highest BCUT2D eigenvalue weighted by molar-refractivity contribution is 9.10. The summed E-state index contributed by atoms with van der Waals surface area (Å²) in [7, 11) is 0. The van der Waals surface area contributed by atoms with Gasteiger partial charge in [0.25, 0.3) is 11.8 Å². The summed E-state index contributed by atoms with van der Waals surface area (Å²) in [6.07, 6.45) is 3.83. The van der Waals surface area contributed by atoms with E-state index in [9.17, 15) is 14.4 Å². The average molecular weight is 430 g/mol. The molecule has 2 aliphatic rings. The van der Waals surface area contributed by atoms with E-state index in [0.29, 0.717) is 36.4 Å². The van der Waals surface area contributed by atoms with Gasteiger partial charge in [-0.05, 0) is 34.1 Å². The van der Waals surface area contributed by atoms with Crippen LogP contribution in [0.5, 0.6) is 5.75 Å². The third-order valence-corrected chi connectivity index (χ3v) is 5.29. The highest BCUT2D eigenvalue weighted by Gasteiger charge is 2.38. The molecule has 1 fully saturated rings. The highest BCUT2D eigenvalue weighted by atomic mass is 79.9. The lowest BCUT2D eigenvalue weighted by atomic mass is 10.1. The summed E-state index contributed by atoms with van der Waals surface area (Å²) in [6, 6.07) is 8.37. The number of imide groups is 1. The summed E-state index contributed by atoms with van der Waals surface area (Å²) in [5.41, 5.74) is 0.695. The maximum Gasteiger partial charge on any atom is 0.262 e. The van der Waals surface area contributed by atoms with Crippen molar-refractivity contribution in [2.24, 2.45) is 0 Å². The molecule has 0 bridgehead atoms. The first-order chi connectivity index (χ1) is 13.0. The Bertz CT molecular complexity index is 898. The van der Waals surface area contributed by atoms with Crippen molar-refractivity contribution in [1.29, 1.82) is 0 Å². The summed E-state index contributed by atoms with van der Waals surface area (Å²) in [4.78, 5) is 44.0. The number of fused-ring (bicyclic) bond motifs is 1. The Morgan fingerprint density at radius 1 is 1.19 bits per heavy atom. The largest absolute Gasteiger partial charge is 0.487 e. The van der Waals surface area contributed by atoms with E-state index in [2.05, 4.69) is 20.9 Å². The molecule has 138 valence electrons. The number of benzene rings is 1. The number of hydrogen-bond donors (Lipinski definition) is 0. The molecule has 2 aliphatic heterocycles. The number of ether oxygens (including phenoxy) is 1. The molecular weight excluding hydrogens is 414 g/mol. The summed E-state index contributed by atoms with van der Waals surface area (Å²) in [6.45, 7) is 0.685. The quantitative estimate of drug-likeness (QED) is 0.695. The van der Waals surface area contributed by atoms with Crippen LogP contribution in [0.2, 0.25) is 0 Å². The van der Waals surface area contributed by atoms with Gasteiger partial charge in [0.15, 0.2) is 0 Å². The van der Waals surface area contributed by atoms with Crippen molar-refractivity contribution >= 4 is 33.7 Å². The van der Waals surface area contributed by atoms with E-state index in [4.69, 9.17) is 4.74 Å². The Morgan fingerprint density at radius 3 is 2.56 bits per heavy atom. The lowest BCUT2D eigenvalue weighted by Crippen LogP contribution is -2.42. The fourth-order valence-corrected chi connectivity index (χ4v) is 3.65. The first-order valence-corrected chi connectivity index (χ1v) is 9.33. The van der Waals surface area contributed by atoms with E-state index in [-0.39, 0.29) is 18.6 Å². The standard InChI is InChI=1S/C19H16BrN3O4/c20-15-9-21-7-5-16(15)27-12-6-8-22(10-12)17(24)11-23-18(25)13-3-1-2-4-14(13)19(23)26/h1-5,7,9,12H,6,8,10-11H2. The van der Waals surface area contributed by atoms with Crippen molar-refractivity contribution < 1.29 is 19.1 Å². The molecule has 1 saturated heterocycles. The van der Waals surface area contributed by atoms with E-state index in [1.165, 1.54) is 0 Å². The van der Waals surface area contributed by atoms with E-state index in [0.717, 1.165) is 9.37 Å². The van der Waals surface area contributed by atoms with Crippen LogP contribution < -0.4 is 4.74 Å². The van der Waals surface area contributed by atoms with Crippen LogP contribution in [0.3, 0.4) is 0 Å². The van der Waals surface area contributed by atoms with Gasteiger partial charge in [-0.15, -0.1) is 0 Å². The number of aromatic nitrogens is 1. The van der Waals surface area contributed by atoms with Gasteiger partial charge >= 0.3 is 0 Å². The lowest BCUT2D eigenvalue weighted by molar-refractivity contribution is -0.130. The lowest BCUT2D eigenvalue weighted by Gasteiger charge is -2.20. The average Bonchev–Trinajstić information content (AvgIpc) is 3.23. The van der Waals surface area contributed by atoms with Gasteiger partial charge in [-0.25, -0.2) is 0 Å². The molecule has 8 heteroatoms. The fraction of sp³-hybridized carbons (Fsp3) is 0.263. The Balaban J connectivity index is 1.38. The monoisotopic (exact) mass is 429 g/mol. The summed E-state index contributed by atoms with van der Waals surface area (Å²) in [5, 5.41) is 0. The van der Waals surface area contributed by atoms with Gasteiger partial charge in [-0.2, -0.15) is 0 Å². The zero-order valence-corrected chi connectivity index (χ0v) is 15.9. The number of carbonyl (C=O) groups is 3. The normalized spacial score (nSPS) is 18.8. The zero-order valence-electron chi connectivity index (χ0n) is 14.3. The SMILES string of the molecule is O=C(CN1C(=O)c2ccccc2C1=O)N1CCC(Oc2ccncc2Br)C1. The Kier molecular flexibility index (Phi) is 4.65. The van der Waals surface area contributed by atoms with Crippen molar-refractivity contribution in [1.82, 2.24) is 14.8 Å². The second kappa shape index (κ2) is 7.11. The molecule has 0 saturated carbocycles. The molecule has 0 N–H and O–H groups in total. The number of carbonyl (C=O) groups excluding carboxylic acids is 3. The van der Waals surface area contributed by atoms with Gasteiger partial charge in [-0.3, -0.25) is 24.3 Å². The van der Waals surface area contributed by atoms with Crippen LogP contribution in [0.15, 0.2) is 47.2 Å². The van der Waals surface area contributed by atoms with Gasteiger partial charge < -0.3 is 9.64 Å². The molecule has 7 nitrogen and oxygen atoms in total. The molecule has 4 rings (SSSR count). The number of nitrogens with zero attached hydrogens (tertiary/aromatic N) is 3. The summed E-state index contributed by atoms with van der Waals surface area (Å²) >= 11 is 3.38. The predicted octanol–water partition coefficient (Wildman–Crippen LogP) is 2.12. The van der Waals surface area contributed by atoms with Gasteiger partial charge in [-0.1, -0.05) is 12.1 Å². The Hall–Kier alpha value is -2.74. The van der Waals surface area contributed by atoms with E-state index in [1.54, 1.807) is 47.6 Å². The Morgan fingerprint density at radius 2 is 1.89 bits per heavy atom. The van der Waals surface area contributed by atoms with Gasteiger partial charge in [0.2, 0.25) is 5.91 Å². The molecule has 3 amide bonds. The third kappa shape index (κ3) is 3.32. The molecule has 1 atom stereocenters. The molecule has 1 unspecified atom stereocenters. The molecule has 3 heterocycles. The van der Waals surface area contributed by atoms with E-state index in [1.807, 2.05) is 0 Å². The van der Waals surface area contributed by atoms with Crippen LogP contribution in [0, 0.1) is 0 Å². The highest BCUT2D eigenvalue weighted by Crippen LogP contribution is 2.27. The topological polar surface area (TPSA) is 79.8 Å². The minimum atomic E-state index is -0.420.